The molecular formula is C25H23N3O3S2. The van der Waals surface area contributed by atoms with Crippen molar-refractivity contribution in [3.63, 3.8) is 0 Å². The summed E-state index contributed by atoms with van der Waals surface area (Å²) in [6.45, 7) is 4.50. The standard InChI is InChI=1S/C25H23N3O3S2/c1-3-31-20-11-6-17(7-12-20)24(30)27-19-10-13-21-22(14-19)33-25(28-21)32-15-23(29)26-18-8-4-16(2)5-9-18/h4-14H,3,15H2,1-2H3,(H,26,29)(H,27,30). The van der Waals surface area contributed by atoms with Crippen molar-refractivity contribution in [1.29, 1.82) is 0 Å². The highest BCUT2D eigenvalue weighted by atomic mass is 32.2. The molecule has 0 atom stereocenters. The molecule has 33 heavy (non-hydrogen) atoms. The zero-order valence-electron chi connectivity index (χ0n) is 18.3. The molecule has 0 fully saturated rings. The molecular weight excluding hydrogens is 454 g/mol. The van der Waals surface area contributed by atoms with Crippen LogP contribution >= 0.6 is 23.1 Å². The Balaban J connectivity index is 1.36. The summed E-state index contributed by atoms with van der Waals surface area (Å²) in [7, 11) is 0. The molecule has 3 aromatic carbocycles. The van der Waals surface area contributed by atoms with Crippen molar-refractivity contribution in [2.75, 3.05) is 23.0 Å². The molecule has 2 N–H and O–H groups in total. The predicted octanol–water partition coefficient (Wildman–Crippen LogP) is 5.99. The summed E-state index contributed by atoms with van der Waals surface area (Å²) in [5.74, 6) is 0.739. The first-order valence-electron chi connectivity index (χ1n) is 10.4. The number of hydrogen-bond donors (Lipinski definition) is 2. The second-order valence-corrected chi connectivity index (χ2v) is 9.53. The van der Waals surface area contributed by atoms with Crippen molar-refractivity contribution in [3.05, 3.63) is 77.9 Å². The number of benzene rings is 3. The zero-order valence-corrected chi connectivity index (χ0v) is 19.9. The van der Waals surface area contributed by atoms with Crippen LogP contribution in [0.2, 0.25) is 0 Å². The van der Waals surface area contributed by atoms with E-state index in [-0.39, 0.29) is 17.6 Å². The number of hydrogen-bond acceptors (Lipinski definition) is 6. The number of ether oxygens (including phenoxy) is 1. The van der Waals surface area contributed by atoms with Crippen molar-refractivity contribution in [1.82, 2.24) is 4.98 Å². The SMILES string of the molecule is CCOc1ccc(C(=O)Nc2ccc3nc(SCC(=O)Nc4ccc(C)cc4)sc3c2)cc1. The first-order chi connectivity index (χ1) is 16.0. The maximum atomic E-state index is 12.6. The molecule has 6 nitrogen and oxygen atoms in total. The Bertz CT molecular complexity index is 1270. The maximum absolute atomic E-state index is 12.6. The highest BCUT2D eigenvalue weighted by Gasteiger charge is 2.11. The van der Waals surface area contributed by atoms with Gasteiger partial charge >= 0.3 is 0 Å². The Labute approximate surface area is 200 Å². The summed E-state index contributed by atoms with van der Waals surface area (Å²) >= 11 is 2.89. The molecule has 4 aromatic rings. The van der Waals surface area contributed by atoms with Gasteiger partial charge in [0.1, 0.15) is 5.75 Å². The molecule has 2 amide bonds. The zero-order chi connectivity index (χ0) is 23.2. The van der Waals surface area contributed by atoms with E-state index in [2.05, 4.69) is 15.6 Å². The molecule has 8 heteroatoms. The molecule has 1 heterocycles. The molecule has 0 unspecified atom stereocenters. The lowest BCUT2D eigenvalue weighted by Gasteiger charge is -2.07. The third-order valence-corrected chi connectivity index (χ3v) is 6.88. The Morgan fingerprint density at radius 1 is 0.970 bits per heavy atom. The van der Waals surface area contributed by atoms with Gasteiger partial charge in [-0.15, -0.1) is 11.3 Å². The summed E-state index contributed by atoms with van der Waals surface area (Å²) in [6.07, 6.45) is 0. The van der Waals surface area contributed by atoms with E-state index in [9.17, 15) is 9.59 Å². The number of aryl methyl sites for hydroxylation is 1. The van der Waals surface area contributed by atoms with Gasteiger partial charge in [0.15, 0.2) is 4.34 Å². The number of aromatic nitrogens is 1. The van der Waals surface area contributed by atoms with Gasteiger partial charge in [-0.2, -0.15) is 0 Å². The van der Waals surface area contributed by atoms with Gasteiger partial charge in [0, 0.05) is 16.9 Å². The van der Waals surface area contributed by atoms with Crippen molar-refractivity contribution in [2.45, 2.75) is 18.2 Å². The lowest BCUT2D eigenvalue weighted by molar-refractivity contribution is -0.113. The highest BCUT2D eigenvalue weighted by Crippen LogP contribution is 2.31. The lowest BCUT2D eigenvalue weighted by Crippen LogP contribution is -2.13. The summed E-state index contributed by atoms with van der Waals surface area (Å²) in [4.78, 5) is 29.4. The molecule has 0 radical (unpaired) electrons. The number of carbonyl (C=O) groups excluding carboxylic acids is 2. The quantitative estimate of drug-likeness (QED) is 0.305. The van der Waals surface area contributed by atoms with Crippen LogP contribution in [0.5, 0.6) is 5.75 Å². The van der Waals surface area contributed by atoms with E-state index in [0.29, 0.717) is 17.9 Å². The average molecular weight is 478 g/mol. The van der Waals surface area contributed by atoms with Crippen LogP contribution in [0.25, 0.3) is 10.2 Å². The second kappa shape index (κ2) is 10.5. The molecule has 0 bridgehead atoms. The van der Waals surface area contributed by atoms with Crippen molar-refractivity contribution < 1.29 is 14.3 Å². The number of nitrogens with zero attached hydrogens (tertiary/aromatic N) is 1. The van der Waals surface area contributed by atoms with E-state index >= 15 is 0 Å². The second-order valence-electron chi connectivity index (χ2n) is 7.28. The molecule has 4 rings (SSSR count). The molecule has 168 valence electrons. The number of thiazole rings is 1. The lowest BCUT2D eigenvalue weighted by atomic mass is 10.2. The summed E-state index contributed by atoms with van der Waals surface area (Å²) in [5, 5.41) is 5.81. The Morgan fingerprint density at radius 3 is 2.42 bits per heavy atom. The van der Waals surface area contributed by atoms with Crippen LogP contribution < -0.4 is 15.4 Å². The molecule has 1 aromatic heterocycles. The van der Waals surface area contributed by atoms with Gasteiger partial charge in [-0.1, -0.05) is 29.5 Å². The van der Waals surface area contributed by atoms with E-state index in [1.807, 2.05) is 56.3 Å². The Morgan fingerprint density at radius 2 is 1.70 bits per heavy atom. The summed E-state index contributed by atoms with van der Waals surface area (Å²) in [5.41, 5.74) is 4.01. The smallest absolute Gasteiger partial charge is 0.255 e. The fraction of sp³-hybridized carbons (Fsp3) is 0.160. The minimum atomic E-state index is -0.190. The van der Waals surface area contributed by atoms with Gasteiger partial charge in [-0.05, 0) is 68.4 Å². The third-order valence-electron chi connectivity index (χ3n) is 4.72. The first-order valence-corrected chi connectivity index (χ1v) is 12.2. The van der Waals surface area contributed by atoms with E-state index in [1.54, 1.807) is 24.3 Å². The van der Waals surface area contributed by atoms with E-state index in [0.717, 1.165) is 31.6 Å². The van der Waals surface area contributed by atoms with Crippen molar-refractivity contribution >= 4 is 56.5 Å². The molecule has 0 aliphatic rings. The third kappa shape index (κ3) is 6.12. The number of nitrogens with one attached hydrogen (secondary N) is 2. The minimum Gasteiger partial charge on any atom is -0.494 e. The number of fused-ring (bicyclic) bond motifs is 1. The van der Waals surface area contributed by atoms with E-state index < -0.39 is 0 Å². The van der Waals surface area contributed by atoms with Crippen LogP contribution in [0.1, 0.15) is 22.8 Å². The van der Waals surface area contributed by atoms with Gasteiger partial charge in [0.05, 0.1) is 22.6 Å². The fourth-order valence-corrected chi connectivity index (χ4v) is 4.98. The molecule has 0 aliphatic heterocycles. The number of thioether (sulfide) groups is 1. The van der Waals surface area contributed by atoms with Crippen molar-refractivity contribution in [3.8, 4) is 5.75 Å². The van der Waals surface area contributed by atoms with Gasteiger partial charge in [-0.3, -0.25) is 9.59 Å². The van der Waals surface area contributed by atoms with Gasteiger partial charge in [-0.25, -0.2) is 4.98 Å². The average Bonchev–Trinajstić information content (AvgIpc) is 3.22. The fourth-order valence-electron chi connectivity index (χ4n) is 3.08. The van der Waals surface area contributed by atoms with Crippen molar-refractivity contribution in [2.24, 2.45) is 0 Å². The van der Waals surface area contributed by atoms with Crippen LogP contribution in [0.15, 0.2) is 71.1 Å². The van der Waals surface area contributed by atoms with E-state index in [1.165, 1.54) is 23.1 Å². The Hall–Kier alpha value is -3.36. The molecule has 0 aliphatic carbocycles. The number of carbonyl (C=O) groups is 2. The molecule has 0 spiro atoms. The van der Waals surface area contributed by atoms with Crippen LogP contribution in [-0.2, 0) is 4.79 Å². The molecule has 0 saturated carbocycles. The monoisotopic (exact) mass is 477 g/mol. The Kier molecular flexibility index (Phi) is 7.26. The molecule has 0 saturated heterocycles. The topological polar surface area (TPSA) is 80.3 Å². The number of rotatable bonds is 8. The maximum Gasteiger partial charge on any atom is 0.255 e. The first kappa shape index (κ1) is 22.8. The van der Waals surface area contributed by atoms with Crippen LogP contribution in [0, 0.1) is 6.92 Å². The summed E-state index contributed by atoms with van der Waals surface area (Å²) in [6, 6.07) is 20.3. The largest absolute Gasteiger partial charge is 0.494 e. The van der Waals surface area contributed by atoms with E-state index in [4.69, 9.17) is 4.74 Å². The normalized spacial score (nSPS) is 10.7. The summed E-state index contributed by atoms with van der Waals surface area (Å²) < 4.78 is 7.16. The number of anilines is 2. The number of amides is 2. The van der Waals surface area contributed by atoms with Crippen LogP contribution in [-0.4, -0.2) is 29.2 Å². The van der Waals surface area contributed by atoms with Crippen LogP contribution in [0.3, 0.4) is 0 Å². The van der Waals surface area contributed by atoms with Gasteiger partial charge < -0.3 is 15.4 Å². The van der Waals surface area contributed by atoms with Gasteiger partial charge in [0.2, 0.25) is 5.91 Å². The highest BCUT2D eigenvalue weighted by molar-refractivity contribution is 8.01. The minimum absolute atomic E-state index is 0.0774. The van der Waals surface area contributed by atoms with Crippen LogP contribution in [0.4, 0.5) is 11.4 Å². The van der Waals surface area contributed by atoms with Gasteiger partial charge in [0.25, 0.3) is 5.91 Å². The predicted molar refractivity (Wildman–Crippen MR) is 136 cm³/mol.